The van der Waals surface area contributed by atoms with Gasteiger partial charge in [0.05, 0.1) is 44.1 Å². The number of fused-ring (bicyclic) bond motifs is 29. The van der Waals surface area contributed by atoms with E-state index in [9.17, 15) is 0 Å². The number of para-hydroxylation sites is 9. The van der Waals surface area contributed by atoms with Gasteiger partial charge < -0.3 is 37.5 Å². The molecular formula is C137H118N8. The summed E-state index contributed by atoms with van der Waals surface area (Å²) < 4.78 is 12.1. The van der Waals surface area contributed by atoms with Crippen molar-refractivity contribution in [3.63, 3.8) is 0 Å². The van der Waals surface area contributed by atoms with Crippen LogP contribution in [-0.4, -0.2) is 44.0 Å². The smallest absolute Gasteiger partial charge is 0.0785 e. The van der Waals surface area contributed by atoms with Gasteiger partial charge in [-0.2, -0.15) is 0 Å². The summed E-state index contributed by atoms with van der Waals surface area (Å²) in [5.41, 5.74) is 44.5. The first-order valence-electron chi connectivity index (χ1n) is 50.7. The van der Waals surface area contributed by atoms with Gasteiger partial charge in [0.1, 0.15) is 0 Å². The van der Waals surface area contributed by atoms with E-state index < -0.39 is 0 Å². The van der Waals surface area contributed by atoms with Crippen LogP contribution in [0.3, 0.4) is 0 Å². The van der Waals surface area contributed by atoms with Gasteiger partial charge in [0, 0.05) is 169 Å². The zero-order valence-corrected chi connectivity index (χ0v) is 85.0. The highest BCUT2D eigenvalue weighted by atomic mass is 15.1. The maximum atomic E-state index is 2.50. The molecule has 28 rings (SSSR count). The second-order valence-electron chi connectivity index (χ2n) is 40.7. The predicted molar refractivity (Wildman–Crippen MR) is 620 cm³/mol. The molecule has 0 saturated carbocycles. The molecular weight excluding hydrogens is 1760 g/mol. The maximum Gasteiger partial charge on any atom is 0.0785 e. The summed E-state index contributed by atoms with van der Waals surface area (Å²) in [7, 11) is 12.9. The van der Waals surface area contributed by atoms with Crippen LogP contribution in [0.2, 0.25) is 0 Å². The minimum absolute atomic E-state index is 0.0186. The van der Waals surface area contributed by atoms with Crippen molar-refractivity contribution in [2.75, 3.05) is 35.8 Å². The van der Waals surface area contributed by atoms with Gasteiger partial charge in [-0.05, 0) is 213 Å². The lowest BCUT2D eigenvalue weighted by Gasteiger charge is -2.25. The van der Waals surface area contributed by atoms with E-state index in [2.05, 4.69) is 572 Å². The van der Waals surface area contributed by atoms with Crippen molar-refractivity contribution < 1.29 is 0 Å². The summed E-state index contributed by atoms with van der Waals surface area (Å²) >= 11 is 0. The van der Waals surface area contributed by atoms with Crippen LogP contribution >= 0.6 is 0 Å². The molecule has 0 fully saturated rings. The first-order valence-corrected chi connectivity index (χ1v) is 50.7. The number of benzene rings is 20. The lowest BCUT2D eigenvalue weighted by atomic mass is 9.80. The fourth-order valence-electron chi connectivity index (χ4n) is 24.0. The molecule has 0 amide bonds. The van der Waals surface area contributed by atoms with Crippen molar-refractivity contribution in [3.05, 3.63) is 506 Å². The standard InChI is InChI=1S/C34H26N2.C31H27N.C25H18N2.C19H17N.C15H17N.C13H13N/c1-34(2)30-24(17-19-26-22-13-7-9-15-28(22)35(3)32(26)30)25-18-20-27-23-14-8-10-16-29(23)36(33(27)31(25)34)21-11-5-4-6-12-21;1-30(2)24-12-8-6-10-18(24)20-14-16-22-23-17-15-21-19-11-7-9-13-25(19)31(3,4)27(21)29(23)32(5)28(22)26(20)30;1-26-22-13-7-5-11-18(22)20-15-16-21-19-12-6-8-14-23(19)27(25(21)24(20)26)17-9-3-2-4-10-17;1-20(18-12-6-3-7-13-18)19-14-8-11-17(15-19)16-9-4-2-5-10-16;1-12-4-8-14(9-5-12)16(3)15-10-6-13(2)7-11-15;1-14(12-8-4-2-5-9-12)13-10-6-3-7-11-13/h4-20H,1-3H3;6-17H,1-5H3;2-16H,1H3;2-15H,1H3;4-11H,1-3H3;2-11H,1H3. The number of nitrogens with zero attached hydrogens (tertiary/aromatic N) is 8. The minimum atomic E-state index is -0.160. The molecule has 3 aliphatic rings. The number of hydrogen-bond donors (Lipinski definition) is 0. The van der Waals surface area contributed by atoms with Gasteiger partial charge in [0.15, 0.2) is 0 Å². The van der Waals surface area contributed by atoms with Crippen LogP contribution in [0.4, 0.5) is 34.1 Å². The molecule has 3 aliphatic carbocycles. The molecule has 8 heteroatoms. The lowest BCUT2D eigenvalue weighted by molar-refractivity contribution is 0.658. The molecule has 0 unspecified atom stereocenters. The number of rotatable bonds is 9. The second-order valence-corrected chi connectivity index (χ2v) is 40.7. The summed E-state index contributed by atoms with van der Waals surface area (Å²) in [5, 5.41) is 13.2. The van der Waals surface area contributed by atoms with Crippen LogP contribution in [0.5, 0.6) is 0 Å². The van der Waals surface area contributed by atoms with Crippen molar-refractivity contribution in [1.29, 1.82) is 0 Å². The van der Waals surface area contributed by atoms with Gasteiger partial charge >= 0.3 is 0 Å². The summed E-state index contributed by atoms with van der Waals surface area (Å²) in [6.45, 7) is 18.6. The van der Waals surface area contributed by atoms with E-state index in [0.29, 0.717) is 0 Å². The van der Waals surface area contributed by atoms with Gasteiger partial charge in [-0.25, -0.2) is 0 Å². The highest BCUT2D eigenvalue weighted by Gasteiger charge is 2.44. The third kappa shape index (κ3) is 15.6. The third-order valence-electron chi connectivity index (χ3n) is 31.1. The number of hydrogen-bond acceptors (Lipinski definition) is 3. The van der Waals surface area contributed by atoms with Crippen LogP contribution in [0.1, 0.15) is 86.1 Å². The predicted octanol–water partition coefficient (Wildman–Crippen LogP) is 35.8. The Hall–Kier alpha value is -17.2. The van der Waals surface area contributed by atoms with Crippen LogP contribution in [-0.2, 0) is 37.4 Å². The van der Waals surface area contributed by atoms with Gasteiger partial charge in [-0.15, -0.1) is 0 Å². The summed E-state index contributed by atoms with van der Waals surface area (Å²) in [6.07, 6.45) is 0. The van der Waals surface area contributed by atoms with Crippen LogP contribution < -0.4 is 14.7 Å². The van der Waals surface area contributed by atoms with E-state index in [1.165, 1.54) is 244 Å². The zero-order valence-electron chi connectivity index (χ0n) is 85.0. The average molecular weight is 1880 g/mol. The molecule has 0 aliphatic heterocycles. The van der Waals surface area contributed by atoms with E-state index in [-0.39, 0.29) is 16.2 Å². The molecule has 0 saturated heterocycles. The fourth-order valence-corrected chi connectivity index (χ4v) is 24.0. The zero-order chi connectivity index (χ0) is 99.3. The molecule has 145 heavy (non-hydrogen) atoms. The average Bonchev–Trinajstić information content (AvgIpc) is 1.52. The Morgan fingerprint density at radius 1 is 0.186 bits per heavy atom. The van der Waals surface area contributed by atoms with Crippen molar-refractivity contribution in [2.45, 2.75) is 71.6 Å². The molecule has 5 aromatic heterocycles. The molecule has 8 nitrogen and oxygen atoms in total. The normalized spacial score (nSPS) is 12.9. The molecule has 20 aromatic carbocycles. The molecule has 0 bridgehead atoms. The number of anilines is 6. The van der Waals surface area contributed by atoms with Crippen molar-refractivity contribution in [1.82, 2.24) is 22.8 Å². The molecule has 0 spiro atoms. The molecule has 0 N–H and O–H groups in total. The largest absolute Gasteiger partial charge is 0.345 e. The Kier molecular flexibility index (Phi) is 23.4. The highest BCUT2D eigenvalue weighted by Crippen LogP contribution is 2.59. The topological polar surface area (TPSA) is 34.4 Å². The number of aromatic nitrogens is 5. The quantitative estimate of drug-likeness (QED) is 0.144. The molecule has 0 radical (unpaired) electrons. The summed E-state index contributed by atoms with van der Waals surface area (Å²) in [6, 6.07) is 165. The number of aryl methyl sites for hydroxylation is 5. The SMILES string of the molecule is CN(c1ccccc1)c1cccc(-c2ccccc2)c1.CN(c1ccccc1)c1ccccc1.Cc1ccc(N(C)c2ccc(C)cc2)cc1.Cn1c2c3c(ccc2c2ccc4c(c21)C(C)(C)c1ccccc1-4)-c1ccccc1C3(C)C.Cn1c2ccccc2c2ccc3c(c21)C(C)(C)c1c-3ccc2c3ccccc3n(-c3ccccc3)c12.Cn1c2ccccc2c2ccc3c4ccccc4n(-c4ccccc4)c3c21. The Bertz CT molecular complexity index is 9010. The monoisotopic (exact) mass is 1870 g/mol. The van der Waals surface area contributed by atoms with E-state index in [1.807, 2.05) is 24.3 Å². The molecule has 25 aromatic rings. The molecule has 0 atom stereocenters. The van der Waals surface area contributed by atoms with Crippen LogP contribution in [0.25, 0.3) is 165 Å². The van der Waals surface area contributed by atoms with Crippen molar-refractivity contribution in [2.24, 2.45) is 21.1 Å². The van der Waals surface area contributed by atoms with Crippen LogP contribution in [0.15, 0.2) is 461 Å². The summed E-state index contributed by atoms with van der Waals surface area (Å²) in [4.78, 5) is 6.56. The maximum absolute atomic E-state index is 2.50. The second kappa shape index (κ2) is 37.0. The van der Waals surface area contributed by atoms with E-state index in [0.717, 1.165) is 0 Å². The fraction of sp³-hybridized carbons (Fsp3) is 0.124. The highest BCUT2D eigenvalue weighted by molar-refractivity contribution is 6.24. The molecule has 5 heterocycles. The van der Waals surface area contributed by atoms with E-state index >= 15 is 0 Å². The van der Waals surface area contributed by atoms with E-state index in [1.54, 1.807) is 0 Å². The Balaban J connectivity index is 0.0000000991. The lowest BCUT2D eigenvalue weighted by Crippen LogP contribution is -2.18. The van der Waals surface area contributed by atoms with Gasteiger partial charge in [-0.3, -0.25) is 0 Å². The third-order valence-corrected chi connectivity index (χ3v) is 31.1. The van der Waals surface area contributed by atoms with Gasteiger partial charge in [-0.1, -0.05) is 392 Å². The first-order chi connectivity index (χ1) is 70.6. The van der Waals surface area contributed by atoms with E-state index in [4.69, 9.17) is 0 Å². The minimum Gasteiger partial charge on any atom is -0.345 e. The Labute approximate surface area is 850 Å². The van der Waals surface area contributed by atoms with Gasteiger partial charge in [0.2, 0.25) is 0 Å². The Morgan fingerprint density at radius 3 is 0.883 bits per heavy atom. The first kappa shape index (κ1) is 91.6. The van der Waals surface area contributed by atoms with Crippen molar-refractivity contribution >= 4 is 143 Å². The van der Waals surface area contributed by atoms with Crippen molar-refractivity contribution in [3.8, 4) is 55.9 Å². The summed E-state index contributed by atoms with van der Waals surface area (Å²) in [5.74, 6) is 0. The van der Waals surface area contributed by atoms with Gasteiger partial charge in [0.25, 0.3) is 0 Å². The Morgan fingerprint density at radius 2 is 0.455 bits per heavy atom. The van der Waals surface area contributed by atoms with Crippen LogP contribution in [0, 0.1) is 13.8 Å². The molecule has 706 valence electrons.